The Kier molecular flexibility index (Phi) is 6.68. The summed E-state index contributed by atoms with van der Waals surface area (Å²) in [5, 5.41) is 18.8. The Morgan fingerprint density at radius 1 is 1.59 bits per heavy atom. The molecule has 0 aliphatic rings. The number of carbonyl (C=O) groups is 1. The second kappa shape index (κ2) is 8.03. The molecule has 1 unspecified atom stereocenters. The van der Waals surface area contributed by atoms with E-state index >= 15 is 0 Å². The number of H-pyrrole nitrogens is 1. The Balaban J connectivity index is 2.66. The molecule has 2 N–H and O–H groups in total. The number of hydrogen-bond donors (Lipinski definition) is 2. The summed E-state index contributed by atoms with van der Waals surface area (Å²) in [5.41, 5.74) is -1.16. The van der Waals surface area contributed by atoms with Crippen molar-refractivity contribution in [3.8, 4) is 6.07 Å². The van der Waals surface area contributed by atoms with Gasteiger partial charge in [-0.25, -0.2) is 9.89 Å². The maximum Gasteiger partial charge on any atom is 0.343 e. The van der Waals surface area contributed by atoms with Crippen LogP contribution in [0.3, 0.4) is 0 Å². The summed E-state index contributed by atoms with van der Waals surface area (Å²) in [5.74, 6) is -0.139. The lowest BCUT2D eigenvalue weighted by atomic mass is 9.90. The van der Waals surface area contributed by atoms with Gasteiger partial charge in [0.2, 0.25) is 5.91 Å². The zero-order valence-electron chi connectivity index (χ0n) is 13.5. The highest BCUT2D eigenvalue weighted by Crippen LogP contribution is 2.17. The molecule has 0 spiro atoms. The van der Waals surface area contributed by atoms with Gasteiger partial charge in [0, 0.05) is 6.54 Å². The van der Waals surface area contributed by atoms with Crippen LogP contribution in [0.15, 0.2) is 9.95 Å². The molecule has 8 heteroatoms. The zero-order chi connectivity index (χ0) is 16.8. The molecule has 1 atom stereocenters. The third-order valence-electron chi connectivity index (χ3n) is 3.58. The van der Waals surface area contributed by atoms with Gasteiger partial charge in [0.25, 0.3) is 0 Å². The normalized spacial score (nSPS) is 13.6. The second-order valence-electron chi connectivity index (χ2n) is 5.62. The molecule has 22 heavy (non-hydrogen) atoms. The van der Waals surface area contributed by atoms with Gasteiger partial charge in [0.05, 0.1) is 11.8 Å². The summed E-state index contributed by atoms with van der Waals surface area (Å²) in [4.78, 5) is 23.7. The third kappa shape index (κ3) is 4.63. The number of hydrogen-bond acceptors (Lipinski definition) is 5. The SMILES string of the molecule is CCCCn1c(SCC(=O)NC(C)(C#N)C(C)C)n[nH]c1=O. The molecular weight excluding hydrogens is 302 g/mol. The van der Waals surface area contributed by atoms with E-state index in [1.807, 2.05) is 20.8 Å². The summed E-state index contributed by atoms with van der Waals surface area (Å²) >= 11 is 1.19. The maximum atomic E-state index is 12.0. The van der Waals surface area contributed by atoms with Crippen LogP contribution in [-0.2, 0) is 11.3 Å². The number of aromatic amines is 1. The highest BCUT2D eigenvalue weighted by molar-refractivity contribution is 7.99. The van der Waals surface area contributed by atoms with Crippen LogP contribution in [-0.4, -0.2) is 32.0 Å². The van der Waals surface area contributed by atoms with Crippen LogP contribution in [0.1, 0.15) is 40.5 Å². The van der Waals surface area contributed by atoms with Gasteiger partial charge in [0.1, 0.15) is 5.54 Å². The summed E-state index contributed by atoms with van der Waals surface area (Å²) in [6, 6.07) is 2.13. The van der Waals surface area contributed by atoms with E-state index in [0.717, 1.165) is 12.8 Å². The molecule has 1 heterocycles. The molecule has 1 aromatic rings. The number of nitriles is 1. The van der Waals surface area contributed by atoms with Crippen molar-refractivity contribution in [2.24, 2.45) is 5.92 Å². The number of nitrogens with zero attached hydrogens (tertiary/aromatic N) is 3. The van der Waals surface area contributed by atoms with E-state index in [2.05, 4.69) is 21.6 Å². The molecular formula is C14H23N5O2S. The van der Waals surface area contributed by atoms with E-state index in [0.29, 0.717) is 11.7 Å². The number of aromatic nitrogens is 3. The van der Waals surface area contributed by atoms with Crippen LogP contribution in [0, 0.1) is 17.2 Å². The first-order valence-electron chi connectivity index (χ1n) is 7.34. The number of unbranched alkanes of at least 4 members (excludes halogenated alkanes) is 1. The van der Waals surface area contributed by atoms with Gasteiger partial charge in [-0.15, -0.1) is 5.10 Å². The van der Waals surface area contributed by atoms with E-state index in [1.54, 1.807) is 6.92 Å². The topological polar surface area (TPSA) is 104 Å². The first-order valence-corrected chi connectivity index (χ1v) is 8.32. The molecule has 0 fully saturated rings. The molecule has 7 nitrogen and oxygen atoms in total. The molecule has 0 bridgehead atoms. The van der Waals surface area contributed by atoms with E-state index in [-0.39, 0.29) is 23.3 Å². The first kappa shape index (κ1) is 18.3. The quantitative estimate of drug-likeness (QED) is 0.705. The van der Waals surface area contributed by atoms with Crippen molar-refractivity contribution < 1.29 is 4.79 Å². The van der Waals surface area contributed by atoms with Crippen LogP contribution in [0.25, 0.3) is 0 Å². The van der Waals surface area contributed by atoms with Crippen LogP contribution >= 0.6 is 11.8 Å². The van der Waals surface area contributed by atoms with E-state index in [9.17, 15) is 14.9 Å². The zero-order valence-corrected chi connectivity index (χ0v) is 14.3. The lowest BCUT2D eigenvalue weighted by molar-refractivity contribution is -0.120. The van der Waals surface area contributed by atoms with Crippen molar-refractivity contribution >= 4 is 17.7 Å². The summed E-state index contributed by atoms with van der Waals surface area (Å²) in [6.07, 6.45) is 1.84. The van der Waals surface area contributed by atoms with Crippen LogP contribution in [0.4, 0.5) is 0 Å². The lowest BCUT2D eigenvalue weighted by Crippen LogP contribution is -2.49. The molecule has 0 aromatic carbocycles. The fraction of sp³-hybridized carbons (Fsp3) is 0.714. The Bertz CT molecular complexity index is 601. The van der Waals surface area contributed by atoms with Crippen LogP contribution in [0.5, 0.6) is 0 Å². The van der Waals surface area contributed by atoms with Crippen LogP contribution in [0.2, 0.25) is 0 Å². The summed E-state index contributed by atoms with van der Waals surface area (Å²) in [6.45, 7) is 8.09. The van der Waals surface area contributed by atoms with Crippen molar-refractivity contribution in [1.29, 1.82) is 5.26 Å². The second-order valence-corrected chi connectivity index (χ2v) is 6.56. The monoisotopic (exact) mass is 325 g/mol. The standard InChI is InChI=1S/C14H23N5O2S/c1-5-6-7-19-12(21)17-18-13(19)22-8-11(20)16-14(4,9-15)10(2)3/h10H,5-8H2,1-4H3,(H,16,20)(H,17,21). The first-order chi connectivity index (χ1) is 10.3. The minimum atomic E-state index is -0.898. The molecule has 1 amide bonds. The Morgan fingerprint density at radius 2 is 2.27 bits per heavy atom. The van der Waals surface area contributed by atoms with Crippen molar-refractivity contribution in [3.05, 3.63) is 10.5 Å². The van der Waals surface area contributed by atoms with Gasteiger partial charge in [-0.3, -0.25) is 9.36 Å². The molecule has 122 valence electrons. The van der Waals surface area contributed by atoms with Crippen molar-refractivity contribution in [1.82, 2.24) is 20.1 Å². The molecule has 0 saturated heterocycles. The highest BCUT2D eigenvalue weighted by Gasteiger charge is 2.30. The Hall–Kier alpha value is -1.75. The minimum Gasteiger partial charge on any atom is -0.337 e. The van der Waals surface area contributed by atoms with Crippen molar-refractivity contribution in [2.75, 3.05) is 5.75 Å². The maximum absolute atomic E-state index is 12.0. The Morgan fingerprint density at radius 3 is 2.82 bits per heavy atom. The average molecular weight is 325 g/mol. The van der Waals surface area contributed by atoms with E-state index in [1.165, 1.54) is 16.3 Å². The minimum absolute atomic E-state index is 0.000400. The van der Waals surface area contributed by atoms with Gasteiger partial charge in [0.15, 0.2) is 5.16 Å². The van der Waals surface area contributed by atoms with Gasteiger partial charge < -0.3 is 5.32 Å². The molecule has 0 radical (unpaired) electrons. The van der Waals surface area contributed by atoms with Gasteiger partial charge in [-0.2, -0.15) is 5.26 Å². The summed E-state index contributed by atoms with van der Waals surface area (Å²) in [7, 11) is 0. The average Bonchev–Trinajstić information content (AvgIpc) is 2.83. The van der Waals surface area contributed by atoms with Gasteiger partial charge >= 0.3 is 5.69 Å². The van der Waals surface area contributed by atoms with Gasteiger partial charge in [-0.05, 0) is 19.3 Å². The lowest BCUT2D eigenvalue weighted by Gasteiger charge is -2.27. The molecule has 1 rings (SSSR count). The highest BCUT2D eigenvalue weighted by atomic mass is 32.2. The van der Waals surface area contributed by atoms with Gasteiger partial charge in [-0.1, -0.05) is 39.0 Å². The van der Waals surface area contributed by atoms with Crippen molar-refractivity contribution in [2.45, 2.75) is 57.8 Å². The van der Waals surface area contributed by atoms with E-state index < -0.39 is 5.54 Å². The predicted molar refractivity (Wildman–Crippen MR) is 85.5 cm³/mol. The number of carbonyl (C=O) groups excluding carboxylic acids is 1. The smallest absolute Gasteiger partial charge is 0.337 e. The molecule has 0 aliphatic heterocycles. The number of thioether (sulfide) groups is 1. The predicted octanol–water partition coefficient (Wildman–Crippen LogP) is 1.52. The number of nitrogens with one attached hydrogen (secondary N) is 2. The molecule has 1 aromatic heterocycles. The summed E-state index contributed by atoms with van der Waals surface area (Å²) < 4.78 is 1.54. The number of rotatable bonds is 8. The number of amides is 1. The molecule has 0 saturated carbocycles. The Labute approximate surface area is 134 Å². The fourth-order valence-electron chi connectivity index (χ4n) is 1.68. The molecule has 0 aliphatic carbocycles. The largest absolute Gasteiger partial charge is 0.343 e. The van der Waals surface area contributed by atoms with Crippen LogP contribution < -0.4 is 11.0 Å². The third-order valence-corrected chi connectivity index (χ3v) is 4.55. The fourth-order valence-corrected chi connectivity index (χ4v) is 2.46. The van der Waals surface area contributed by atoms with Crippen molar-refractivity contribution in [3.63, 3.8) is 0 Å². The van der Waals surface area contributed by atoms with E-state index in [4.69, 9.17) is 0 Å².